The van der Waals surface area contributed by atoms with E-state index in [2.05, 4.69) is 5.32 Å². The van der Waals surface area contributed by atoms with Gasteiger partial charge >= 0.3 is 0 Å². The van der Waals surface area contributed by atoms with Gasteiger partial charge in [0.2, 0.25) is 0 Å². The van der Waals surface area contributed by atoms with Crippen LogP contribution < -0.4 is 11.1 Å². The number of nitrogen functional groups attached to an aromatic ring is 1. The molecule has 3 N–H and O–H groups in total. The van der Waals surface area contributed by atoms with Crippen molar-refractivity contribution >= 4 is 33.8 Å². The van der Waals surface area contributed by atoms with Crippen molar-refractivity contribution in [2.24, 2.45) is 0 Å². The van der Waals surface area contributed by atoms with E-state index in [9.17, 15) is 8.60 Å². The lowest BCUT2D eigenvalue weighted by Crippen LogP contribution is -2.13. The van der Waals surface area contributed by atoms with E-state index in [0.717, 1.165) is 0 Å². The zero-order valence-electron chi connectivity index (χ0n) is 8.93. The van der Waals surface area contributed by atoms with Crippen LogP contribution in [0.15, 0.2) is 12.1 Å². The number of halogens is 2. The number of anilines is 2. The highest BCUT2D eigenvalue weighted by Gasteiger charge is 2.06. The van der Waals surface area contributed by atoms with Crippen LogP contribution in [0.25, 0.3) is 0 Å². The average molecular weight is 265 g/mol. The molecule has 0 spiro atoms. The minimum atomic E-state index is -0.840. The molecule has 1 atom stereocenters. The van der Waals surface area contributed by atoms with Crippen molar-refractivity contribution in [1.82, 2.24) is 0 Å². The molecule has 1 unspecified atom stereocenters. The van der Waals surface area contributed by atoms with E-state index in [1.54, 1.807) is 0 Å². The molecule has 0 aliphatic carbocycles. The van der Waals surface area contributed by atoms with Gasteiger partial charge in [0, 0.05) is 34.9 Å². The molecule has 0 fully saturated rings. The van der Waals surface area contributed by atoms with Crippen LogP contribution in [0.4, 0.5) is 15.8 Å². The molecule has 90 valence electrons. The number of hydrogen-bond acceptors (Lipinski definition) is 3. The fraction of sp³-hybridized carbons (Fsp3) is 0.400. The maximum absolute atomic E-state index is 13.1. The summed E-state index contributed by atoms with van der Waals surface area (Å²) in [5.74, 6) is 0.613. The van der Waals surface area contributed by atoms with Crippen LogP contribution in [0.2, 0.25) is 5.02 Å². The Bertz CT molecular complexity index is 401. The molecule has 1 rings (SSSR count). The highest BCUT2D eigenvalue weighted by atomic mass is 35.5. The Kier molecular flexibility index (Phi) is 5.02. The standard InChI is InChI=1S/C10H14ClFN2OS/c1-2-16(15)4-3-14-10-6-8(12)7(11)5-9(10)13/h5-6,14H,2-4,13H2,1H3. The number of hydrogen-bond donors (Lipinski definition) is 2. The number of nitrogens with one attached hydrogen (secondary N) is 1. The van der Waals surface area contributed by atoms with Crippen molar-refractivity contribution in [3.63, 3.8) is 0 Å². The van der Waals surface area contributed by atoms with Gasteiger partial charge in [-0.15, -0.1) is 0 Å². The summed E-state index contributed by atoms with van der Waals surface area (Å²) in [7, 11) is -0.840. The molecule has 0 aliphatic rings. The molecule has 0 aromatic heterocycles. The average Bonchev–Trinajstić information content (AvgIpc) is 2.25. The SMILES string of the molecule is CCS(=O)CCNc1cc(F)c(Cl)cc1N. The highest BCUT2D eigenvalue weighted by molar-refractivity contribution is 7.84. The Balaban J connectivity index is 2.60. The molecule has 16 heavy (non-hydrogen) atoms. The lowest BCUT2D eigenvalue weighted by atomic mass is 10.2. The van der Waals surface area contributed by atoms with Gasteiger partial charge in [0.05, 0.1) is 16.4 Å². The maximum Gasteiger partial charge on any atom is 0.143 e. The van der Waals surface area contributed by atoms with Crippen LogP contribution in [0.1, 0.15) is 6.92 Å². The van der Waals surface area contributed by atoms with Gasteiger partial charge in [0.1, 0.15) is 5.82 Å². The van der Waals surface area contributed by atoms with Gasteiger partial charge in [-0.1, -0.05) is 18.5 Å². The summed E-state index contributed by atoms with van der Waals surface area (Å²) in [6.07, 6.45) is 0. The second-order valence-electron chi connectivity index (χ2n) is 3.21. The van der Waals surface area contributed by atoms with Gasteiger partial charge in [-0.25, -0.2) is 4.39 Å². The lowest BCUT2D eigenvalue weighted by molar-refractivity contribution is 0.629. The third-order valence-corrected chi connectivity index (χ3v) is 3.65. The summed E-state index contributed by atoms with van der Waals surface area (Å²) in [5, 5.41) is 2.93. The molecule has 6 heteroatoms. The first-order valence-corrected chi connectivity index (χ1v) is 6.74. The van der Waals surface area contributed by atoms with Crippen LogP contribution in [0.5, 0.6) is 0 Å². The third kappa shape index (κ3) is 3.64. The van der Waals surface area contributed by atoms with Gasteiger partial charge in [-0.2, -0.15) is 0 Å². The summed E-state index contributed by atoms with van der Waals surface area (Å²) in [5.41, 5.74) is 6.51. The van der Waals surface area contributed by atoms with Crippen molar-refractivity contribution in [2.75, 3.05) is 29.1 Å². The van der Waals surface area contributed by atoms with E-state index in [0.29, 0.717) is 29.4 Å². The van der Waals surface area contributed by atoms with Crippen LogP contribution in [0.3, 0.4) is 0 Å². The number of nitrogens with two attached hydrogens (primary N) is 1. The van der Waals surface area contributed by atoms with Crippen LogP contribution in [0, 0.1) is 5.82 Å². The Morgan fingerprint density at radius 1 is 1.56 bits per heavy atom. The van der Waals surface area contributed by atoms with Gasteiger partial charge in [-0.05, 0) is 6.07 Å². The second kappa shape index (κ2) is 6.06. The molecule has 0 aliphatic heterocycles. The molecule has 0 radical (unpaired) electrons. The van der Waals surface area contributed by atoms with Crippen LogP contribution >= 0.6 is 11.6 Å². The molecular formula is C10H14ClFN2OS. The molecule has 0 heterocycles. The van der Waals surface area contributed by atoms with Crippen molar-refractivity contribution in [3.8, 4) is 0 Å². The van der Waals surface area contributed by atoms with Crippen molar-refractivity contribution in [3.05, 3.63) is 23.0 Å². The van der Waals surface area contributed by atoms with E-state index in [-0.39, 0.29) is 5.02 Å². The Morgan fingerprint density at radius 3 is 2.88 bits per heavy atom. The molecule has 0 saturated heterocycles. The van der Waals surface area contributed by atoms with E-state index in [4.69, 9.17) is 17.3 Å². The summed E-state index contributed by atoms with van der Waals surface area (Å²) in [4.78, 5) is 0. The summed E-state index contributed by atoms with van der Waals surface area (Å²) >= 11 is 5.56. The molecule has 0 saturated carbocycles. The van der Waals surface area contributed by atoms with Crippen LogP contribution in [-0.4, -0.2) is 22.3 Å². The van der Waals surface area contributed by atoms with Crippen molar-refractivity contribution in [2.45, 2.75) is 6.92 Å². The fourth-order valence-corrected chi connectivity index (χ4v) is 1.95. The molecule has 0 amide bonds. The monoisotopic (exact) mass is 264 g/mol. The van der Waals surface area contributed by atoms with Gasteiger partial charge < -0.3 is 11.1 Å². The first-order valence-electron chi connectivity index (χ1n) is 4.88. The van der Waals surface area contributed by atoms with Crippen molar-refractivity contribution in [1.29, 1.82) is 0 Å². The van der Waals surface area contributed by atoms with Gasteiger partial charge in [0.15, 0.2) is 0 Å². The van der Waals surface area contributed by atoms with Gasteiger partial charge in [-0.3, -0.25) is 4.21 Å². The highest BCUT2D eigenvalue weighted by Crippen LogP contribution is 2.25. The van der Waals surface area contributed by atoms with E-state index in [1.807, 2.05) is 6.92 Å². The quantitative estimate of drug-likeness (QED) is 0.802. The molecule has 3 nitrogen and oxygen atoms in total. The molecule has 1 aromatic carbocycles. The lowest BCUT2D eigenvalue weighted by Gasteiger charge is -2.09. The Hall–Kier alpha value is -0.810. The molecule has 1 aromatic rings. The first-order chi connectivity index (χ1) is 7.54. The largest absolute Gasteiger partial charge is 0.397 e. The van der Waals surface area contributed by atoms with E-state index in [1.165, 1.54) is 12.1 Å². The maximum atomic E-state index is 13.1. The Labute approximate surface area is 102 Å². The van der Waals surface area contributed by atoms with E-state index < -0.39 is 16.6 Å². The number of rotatable bonds is 5. The summed E-state index contributed by atoms with van der Waals surface area (Å²) < 4.78 is 24.3. The molecule has 0 bridgehead atoms. The third-order valence-electron chi connectivity index (χ3n) is 2.06. The van der Waals surface area contributed by atoms with Crippen molar-refractivity contribution < 1.29 is 8.60 Å². The second-order valence-corrected chi connectivity index (χ2v) is 5.49. The minimum Gasteiger partial charge on any atom is -0.397 e. The fourth-order valence-electron chi connectivity index (χ4n) is 1.16. The van der Waals surface area contributed by atoms with Crippen LogP contribution in [-0.2, 0) is 10.8 Å². The topological polar surface area (TPSA) is 55.1 Å². The number of benzene rings is 1. The molecular weight excluding hydrogens is 251 g/mol. The normalized spacial score (nSPS) is 12.4. The zero-order chi connectivity index (χ0) is 12.1. The van der Waals surface area contributed by atoms with Gasteiger partial charge in [0.25, 0.3) is 0 Å². The van der Waals surface area contributed by atoms with E-state index >= 15 is 0 Å². The predicted molar refractivity (Wildman–Crippen MR) is 67.9 cm³/mol. The summed E-state index contributed by atoms with van der Waals surface area (Å²) in [6, 6.07) is 2.60. The zero-order valence-corrected chi connectivity index (χ0v) is 10.5. The minimum absolute atomic E-state index is 0.000171. The predicted octanol–water partition coefficient (Wildman–Crippen LogP) is 2.24. The first kappa shape index (κ1) is 13.3. The summed E-state index contributed by atoms with van der Waals surface area (Å²) in [6.45, 7) is 2.35. The smallest absolute Gasteiger partial charge is 0.143 e. The Morgan fingerprint density at radius 2 is 2.25 bits per heavy atom.